The summed E-state index contributed by atoms with van der Waals surface area (Å²) in [6.07, 6.45) is 1.56. The van der Waals surface area contributed by atoms with Crippen molar-refractivity contribution in [2.75, 3.05) is 20.2 Å². The van der Waals surface area contributed by atoms with E-state index in [0.717, 1.165) is 12.0 Å². The van der Waals surface area contributed by atoms with Crippen LogP contribution >= 0.6 is 11.3 Å². The van der Waals surface area contributed by atoms with Gasteiger partial charge in [-0.05, 0) is 42.3 Å². The van der Waals surface area contributed by atoms with Gasteiger partial charge in [0.05, 0.1) is 17.9 Å². The number of hydrogen-bond donors (Lipinski definition) is 2. The topological polar surface area (TPSA) is 95.9 Å². The van der Waals surface area contributed by atoms with Gasteiger partial charge in [-0.1, -0.05) is 24.3 Å². The van der Waals surface area contributed by atoms with Crippen molar-refractivity contribution in [1.82, 2.24) is 10.2 Å². The predicted octanol–water partition coefficient (Wildman–Crippen LogP) is 2.42. The largest absolute Gasteiger partial charge is 0.496 e. The molecule has 0 bridgehead atoms. The smallest absolute Gasteiger partial charge is 0.308 e. The van der Waals surface area contributed by atoms with E-state index >= 15 is 0 Å². The Morgan fingerprint density at radius 3 is 2.76 bits per heavy atom. The van der Waals surface area contributed by atoms with Gasteiger partial charge < -0.3 is 20.1 Å². The number of methoxy groups -OCH3 is 1. The van der Waals surface area contributed by atoms with E-state index in [1.54, 1.807) is 23.1 Å². The SMILES string of the molecule is COc1ccccc1C[C@H](CNC(=O)[C@@H]1CCCN1C(=O)c1cccs1)C(=O)O. The van der Waals surface area contributed by atoms with Crippen LogP contribution in [-0.2, 0) is 16.0 Å². The molecule has 1 aliphatic rings. The highest BCUT2D eigenvalue weighted by atomic mass is 32.1. The summed E-state index contributed by atoms with van der Waals surface area (Å²) in [6, 6.07) is 10.2. The first kappa shape index (κ1) is 20.9. The molecule has 0 spiro atoms. The number of para-hydroxylation sites is 1. The molecule has 1 fully saturated rings. The number of hydrogen-bond acceptors (Lipinski definition) is 5. The molecule has 1 aliphatic heterocycles. The van der Waals surface area contributed by atoms with Crippen LogP contribution in [0.2, 0.25) is 0 Å². The average Bonchev–Trinajstić information content (AvgIpc) is 3.42. The lowest BCUT2D eigenvalue weighted by molar-refractivity contribution is -0.141. The first-order chi connectivity index (χ1) is 14.0. The molecule has 1 saturated heterocycles. The molecule has 0 unspecified atom stereocenters. The van der Waals surface area contributed by atoms with E-state index in [1.807, 2.05) is 23.6 Å². The Morgan fingerprint density at radius 1 is 1.28 bits per heavy atom. The minimum atomic E-state index is -0.992. The maximum Gasteiger partial charge on any atom is 0.308 e. The molecule has 0 saturated carbocycles. The second-order valence-electron chi connectivity index (χ2n) is 6.93. The first-order valence-corrected chi connectivity index (χ1v) is 10.4. The molecule has 2 aromatic rings. The molecule has 0 aliphatic carbocycles. The van der Waals surface area contributed by atoms with Gasteiger partial charge in [0.2, 0.25) is 5.91 Å². The lowest BCUT2D eigenvalue weighted by Crippen LogP contribution is -2.47. The molecule has 2 amide bonds. The number of aliphatic carboxylic acids is 1. The van der Waals surface area contributed by atoms with Gasteiger partial charge in [0, 0.05) is 13.1 Å². The summed E-state index contributed by atoms with van der Waals surface area (Å²) >= 11 is 1.35. The Balaban J connectivity index is 1.62. The zero-order valence-electron chi connectivity index (χ0n) is 16.2. The summed E-state index contributed by atoms with van der Waals surface area (Å²) in [4.78, 5) is 39.2. The molecule has 154 valence electrons. The van der Waals surface area contributed by atoms with Gasteiger partial charge >= 0.3 is 5.97 Å². The van der Waals surface area contributed by atoms with Gasteiger partial charge in [0.1, 0.15) is 11.8 Å². The van der Waals surface area contributed by atoms with Gasteiger partial charge in [0.15, 0.2) is 0 Å². The fourth-order valence-electron chi connectivity index (χ4n) is 3.55. The summed E-state index contributed by atoms with van der Waals surface area (Å²) in [7, 11) is 1.54. The summed E-state index contributed by atoms with van der Waals surface area (Å²) in [5.41, 5.74) is 0.770. The molecule has 2 N–H and O–H groups in total. The second kappa shape index (κ2) is 9.56. The van der Waals surface area contributed by atoms with Crippen molar-refractivity contribution in [1.29, 1.82) is 0 Å². The molecular formula is C21H24N2O5S. The number of rotatable bonds is 8. The highest BCUT2D eigenvalue weighted by Crippen LogP contribution is 2.23. The Labute approximate surface area is 173 Å². The molecule has 2 heterocycles. The van der Waals surface area contributed by atoms with Crippen LogP contribution in [0.5, 0.6) is 5.75 Å². The molecule has 2 atom stereocenters. The Kier molecular flexibility index (Phi) is 6.87. The van der Waals surface area contributed by atoms with Gasteiger partial charge in [0.25, 0.3) is 5.91 Å². The molecule has 3 rings (SSSR count). The monoisotopic (exact) mass is 416 g/mol. The number of carboxylic acid groups (broad SMARTS) is 1. The number of carbonyl (C=O) groups is 3. The van der Waals surface area contributed by atoms with Crippen molar-refractivity contribution in [3.05, 3.63) is 52.2 Å². The first-order valence-electron chi connectivity index (χ1n) is 9.48. The summed E-state index contributed by atoms with van der Waals surface area (Å²) < 4.78 is 5.29. The molecule has 1 aromatic carbocycles. The number of nitrogens with zero attached hydrogens (tertiary/aromatic N) is 1. The number of benzene rings is 1. The van der Waals surface area contributed by atoms with Crippen LogP contribution in [0.3, 0.4) is 0 Å². The molecule has 8 heteroatoms. The third-order valence-corrected chi connectivity index (χ3v) is 5.94. The lowest BCUT2D eigenvalue weighted by Gasteiger charge is -2.24. The van der Waals surface area contributed by atoms with E-state index in [4.69, 9.17) is 4.74 Å². The van der Waals surface area contributed by atoms with Crippen LogP contribution in [0.1, 0.15) is 28.1 Å². The third-order valence-electron chi connectivity index (χ3n) is 5.08. The number of likely N-dealkylation sites (tertiary alicyclic amines) is 1. The minimum Gasteiger partial charge on any atom is -0.496 e. The fraction of sp³-hybridized carbons (Fsp3) is 0.381. The second-order valence-corrected chi connectivity index (χ2v) is 7.88. The van der Waals surface area contributed by atoms with Crippen molar-refractivity contribution in [3.8, 4) is 5.75 Å². The number of amides is 2. The standard InChI is InChI=1S/C21H24N2O5S/c1-28-17-8-3-2-6-14(17)12-15(21(26)27)13-22-19(24)16-7-4-10-23(16)20(25)18-9-5-11-29-18/h2-3,5-6,8-9,11,15-16H,4,7,10,12-13H2,1H3,(H,22,24)(H,26,27)/t15-,16+/m1/s1. The fourth-order valence-corrected chi connectivity index (χ4v) is 4.23. The Bertz CT molecular complexity index is 868. The van der Waals surface area contributed by atoms with E-state index < -0.39 is 17.9 Å². The van der Waals surface area contributed by atoms with E-state index in [0.29, 0.717) is 23.6 Å². The lowest BCUT2D eigenvalue weighted by atomic mass is 9.98. The summed E-state index contributed by atoms with van der Waals surface area (Å²) in [5.74, 6) is -1.62. The highest BCUT2D eigenvalue weighted by molar-refractivity contribution is 7.12. The predicted molar refractivity (Wildman–Crippen MR) is 109 cm³/mol. The minimum absolute atomic E-state index is 0.0102. The van der Waals surface area contributed by atoms with Crippen molar-refractivity contribution in [3.63, 3.8) is 0 Å². The van der Waals surface area contributed by atoms with Crippen molar-refractivity contribution >= 4 is 29.1 Å². The Hall–Kier alpha value is -2.87. The number of carboxylic acids is 1. The normalized spacial score (nSPS) is 17.0. The molecule has 1 aromatic heterocycles. The van der Waals surface area contributed by atoms with Crippen LogP contribution < -0.4 is 10.1 Å². The molecular weight excluding hydrogens is 392 g/mol. The quantitative estimate of drug-likeness (QED) is 0.689. The van der Waals surface area contributed by atoms with Crippen molar-refractivity contribution in [2.45, 2.75) is 25.3 Å². The van der Waals surface area contributed by atoms with Crippen LogP contribution in [0.15, 0.2) is 41.8 Å². The van der Waals surface area contributed by atoms with Crippen LogP contribution in [0.4, 0.5) is 0 Å². The number of nitrogens with one attached hydrogen (secondary N) is 1. The van der Waals surface area contributed by atoms with E-state index in [1.165, 1.54) is 18.4 Å². The molecule has 7 nitrogen and oxygen atoms in total. The van der Waals surface area contributed by atoms with E-state index in [2.05, 4.69) is 5.32 Å². The molecule has 0 radical (unpaired) electrons. The van der Waals surface area contributed by atoms with E-state index in [-0.39, 0.29) is 24.8 Å². The van der Waals surface area contributed by atoms with Crippen molar-refractivity contribution < 1.29 is 24.2 Å². The number of carbonyl (C=O) groups excluding carboxylic acids is 2. The summed E-state index contributed by atoms with van der Waals surface area (Å²) in [6.45, 7) is 0.516. The third kappa shape index (κ3) is 4.95. The highest BCUT2D eigenvalue weighted by Gasteiger charge is 2.35. The average molecular weight is 416 g/mol. The maximum absolute atomic E-state index is 12.7. The zero-order valence-corrected chi connectivity index (χ0v) is 17.0. The van der Waals surface area contributed by atoms with Crippen LogP contribution in [0.25, 0.3) is 0 Å². The van der Waals surface area contributed by atoms with Gasteiger partial charge in [-0.25, -0.2) is 0 Å². The van der Waals surface area contributed by atoms with Crippen LogP contribution in [0, 0.1) is 5.92 Å². The van der Waals surface area contributed by atoms with Gasteiger partial charge in [-0.15, -0.1) is 11.3 Å². The number of ether oxygens (including phenoxy) is 1. The van der Waals surface area contributed by atoms with Gasteiger partial charge in [-0.3, -0.25) is 14.4 Å². The van der Waals surface area contributed by atoms with Gasteiger partial charge in [-0.2, -0.15) is 0 Å². The van der Waals surface area contributed by atoms with Crippen molar-refractivity contribution in [2.24, 2.45) is 5.92 Å². The Morgan fingerprint density at radius 2 is 2.07 bits per heavy atom. The summed E-state index contributed by atoms with van der Waals surface area (Å²) in [5, 5.41) is 14.2. The van der Waals surface area contributed by atoms with Crippen LogP contribution in [-0.4, -0.2) is 54.0 Å². The van der Waals surface area contributed by atoms with E-state index in [9.17, 15) is 19.5 Å². The number of thiophene rings is 1. The molecule has 29 heavy (non-hydrogen) atoms. The maximum atomic E-state index is 12.7. The zero-order chi connectivity index (χ0) is 20.8.